The highest BCUT2D eigenvalue weighted by atomic mass is 16.3. The quantitative estimate of drug-likeness (QED) is 0.493. The van der Waals surface area contributed by atoms with Crippen molar-refractivity contribution in [3.63, 3.8) is 0 Å². The molecule has 0 spiro atoms. The van der Waals surface area contributed by atoms with Gasteiger partial charge >= 0.3 is 0 Å². The monoisotopic (exact) mass is 182 g/mol. The van der Waals surface area contributed by atoms with Gasteiger partial charge in [0.15, 0.2) is 0 Å². The smallest absolute Gasteiger partial charge is 0.0650 e. The van der Waals surface area contributed by atoms with E-state index < -0.39 is 0 Å². The van der Waals surface area contributed by atoms with Crippen molar-refractivity contribution >= 4 is 0 Å². The normalized spacial score (nSPS) is 20.4. The van der Waals surface area contributed by atoms with E-state index in [4.69, 9.17) is 0 Å². The van der Waals surface area contributed by atoms with Crippen LogP contribution in [0.1, 0.15) is 58.8 Å². The Kier molecular flexibility index (Phi) is 3.98. The Hall–Kier alpha value is -0.300. The van der Waals surface area contributed by atoms with Crippen LogP contribution in [0, 0.1) is 0 Å². The molecule has 76 valence electrons. The fraction of sp³-hybridized carbons (Fsp3) is 0.833. The number of rotatable bonds is 6. The molecule has 1 N–H and O–H groups in total. The number of unbranched alkanes of at least 4 members (excludes halogenated alkanes) is 2. The molecule has 0 aromatic heterocycles. The minimum atomic E-state index is -0.233. The van der Waals surface area contributed by atoms with Crippen LogP contribution in [-0.2, 0) is 0 Å². The summed E-state index contributed by atoms with van der Waals surface area (Å²) in [6.07, 6.45) is 10.2. The van der Waals surface area contributed by atoms with E-state index in [1.165, 1.54) is 31.3 Å². The van der Waals surface area contributed by atoms with E-state index in [2.05, 4.69) is 19.9 Å². The second-order valence-corrected chi connectivity index (χ2v) is 4.37. The van der Waals surface area contributed by atoms with Crippen LogP contribution in [0.15, 0.2) is 11.6 Å². The number of hydrogen-bond donors (Lipinski definition) is 1. The van der Waals surface area contributed by atoms with E-state index in [0.717, 1.165) is 19.3 Å². The van der Waals surface area contributed by atoms with E-state index in [0.29, 0.717) is 0 Å². The summed E-state index contributed by atoms with van der Waals surface area (Å²) >= 11 is 0. The summed E-state index contributed by atoms with van der Waals surface area (Å²) in [6.45, 7) is 4.38. The molecular weight excluding hydrogens is 160 g/mol. The zero-order valence-electron chi connectivity index (χ0n) is 8.97. The number of hydrogen-bond acceptors (Lipinski definition) is 1. The minimum Gasteiger partial charge on any atom is -0.390 e. The van der Waals surface area contributed by atoms with E-state index in [9.17, 15) is 5.11 Å². The molecule has 0 atom stereocenters. The highest BCUT2D eigenvalue weighted by Crippen LogP contribution is 2.39. The van der Waals surface area contributed by atoms with Gasteiger partial charge in [-0.1, -0.05) is 25.0 Å². The fourth-order valence-electron chi connectivity index (χ4n) is 1.49. The average Bonchev–Trinajstić information content (AvgIpc) is 2.83. The van der Waals surface area contributed by atoms with Crippen molar-refractivity contribution < 1.29 is 5.11 Å². The summed E-state index contributed by atoms with van der Waals surface area (Å²) in [5.41, 5.74) is 1.26. The van der Waals surface area contributed by atoms with Gasteiger partial charge in [0.05, 0.1) is 5.60 Å². The first-order valence-corrected chi connectivity index (χ1v) is 5.54. The highest BCUT2D eigenvalue weighted by molar-refractivity contribution is 4.97. The van der Waals surface area contributed by atoms with Gasteiger partial charge in [-0.3, -0.25) is 0 Å². The summed E-state index contributed by atoms with van der Waals surface area (Å²) < 4.78 is 0. The molecule has 0 unspecified atom stereocenters. The maximum atomic E-state index is 9.57. The number of aliphatic hydroxyl groups is 1. The standard InChI is InChI=1S/C12H22O/c1-3-11(2)7-5-4-6-8-12(13)9-10-12/h7,13H,3-6,8-10H2,1-2H3/b11-7-. The predicted molar refractivity (Wildman–Crippen MR) is 56.7 cm³/mol. The maximum Gasteiger partial charge on any atom is 0.0650 e. The molecule has 1 aliphatic rings. The van der Waals surface area contributed by atoms with E-state index >= 15 is 0 Å². The van der Waals surface area contributed by atoms with Crippen LogP contribution in [0.25, 0.3) is 0 Å². The second kappa shape index (κ2) is 4.80. The van der Waals surface area contributed by atoms with Crippen LogP contribution in [0.3, 0.4) is 0 Å². The molecular formula is C12H22O. The second-order valence-electron chi connectivity index (χ2n) is 4.37. The molecule has 1 aliphatic carbocycles. The Labute approximate surface area is 81.9 Å². The van der Waals surface area contributed by atoms with Crippen molar-refractivity contribution in [3.05, 3.63) is 11.6 Å². The van der Waals surface area contributed by atoms with Gasteiger partial charge in [-0.25, -0.2) is 0 Å². The SMILES string of the molecule is CC/C(C)=C\CCCCC1(O)CC1. The van der Waals surface area contributed by atoms with Gasteiger partial charge in [0.2, 0.25) is 0 Å². The summed E-state index contributed by atoms with van der Waals surface area (Å²) in [5.74, 6) is 0. The highest BCUT2D eigenvalue weighted by Gasteiger charge is 2.38. The summed E-state index contributed by atoms with van der Waals surface area (Å²) in [4.78, 5) is 0. The molecule has 1 rings (SSSR count). The van der Waals surface area contributed by atoms with Crippen LogP contribution in [0.4, 0.5) is 0 Å². The third-order valence-corrected chi connectivity index (χ3v) is 2.97. The molecule has 1 fully saturated rings. The molecule has 0 amide bonds. The van der Waals surface area contributed by atoms with Crippen LogP contribution in [-0.4, -0.2) is 10.7 Å². The third kappa shape index (κ3) is 4.47. The maximum absolute atomic E-state index is 9.57. The fourth-order valence-corrected chi connectivity index (χ4v) is 1.49. The Balaban J connectivity index is 1.95. The largest absolute Gasteiger partial charge is 0.390 e. The first-order valence-electron chi connectivity index (χ1n) is 5.54. The van der Waals surface area contributed by atoms with Crippen molar-refractivity contribution in [3.8, 4) is 0 Å². The lowest BCUT2D eigenvalue weighted by atomic mass is 10.1. The minimum absolute atomic E-state index is 0.233. The van der Waals surface area contributed by atoms with Gasteiger partial charge in [-0.15, -0.1) is 0 Å². The first-order chi connectivity index (χ1) is 6.16. The Bertz CT molecular complexity index is 178. The third-order valence-electron chi connectivity index (χ3n) is 2.97. The molecule has 1 saturated carbocycles. The Morgan fingerprint density at radius 3 is 2.62 bits per heavy atom. The van der Waals surface area contributed by atoms with Gasteiger partial charge < -0.3 is 5.11 Å². The zero-order chi connectivity index (χ0) is 9.73. The molecule has 0 radical (unpaired) electrons. The van der Waals surface area contributed by atoms with E-state index in [1.54, 1.807) is 0 Å². The van der Waals surface area contributed by atoms with Crippen LogP contribution < -0.4 is 0 Å². The van der Waals surface area contributed by atoms with Gasteiger partial charge in [-0.2, -0.15) is 0 Å². The van der Waals surface area contributed by atoms with Crippen LogP contribution in [0.5, 0.6) is 0 Å². The lowest BCUT2D eigenvalue weighted by Crippen LogP contribution is -2.05. The van der Waals surface area contributed by atoms with E-state index in [1.807, 2.05) is 0 Å². The zero-order valence-corrected chi connectivity index (χ0v) is 8.97. The van der Waals surface area contributed by atoms with Gasteiger partial charge in [0, 0.05) is 0 Å². The van der Waals surface area contributed by atoms with Crippen molar-refractivity contribution in [2.45, 2.75) is 64.4 Å². The predicted octanol–water partition coefficient (Wildman–Crippen LogP) is 3.43. The summed E-state index contributed by atoms with van der Waals surface area (Å²) in [7, 11) is 0. The van der Waals surface area contributed by atoms with Gasteiger partial charge in [0.25, 0.3) is 0 Å². The molecule has 0 saturated heterocycles. The number of allylic oxidation sites excluding steroid dienone is 2. The topological polar surface area (TPSA) is 20.2 Å². The molecule has 1 nitrogen and oxygen atoms in total. The summed E-state index contributed by atoms with van der Waals surface area (Å²) in [5, 5.41) is 9.57. The molecule has 0 aromatic carbocycles. The molecule has 0 heterocycles. The van der Waals surface area contributed by atoms with Gasteiger partial charge in [0.1, 0.15) is 0 Å². The lowest BCUT2D eigenvalue weighted by Gasteiger charge is -2.05. The van der Waals surface area contributed by atoms with Crippen molar-refractivity contribution in [2.75, 3.05) is 0 Å². The van der Waals surface area contributed by atoms with Crippen molar-refractivity contribution in [1.29, 1.82) is 0 Å². The van der Waals surface area contributed by atoms with Crippen molar-refractivity contribution in [1.82, 2.24) is 0 Å². The van der Waals surface area contributed by atoms with Crippen LogP contribution in [0.2, 0.25) is 0 Å². The molecule has 1 heteroatoms. The van der Waals surface area contributed by atoms with Crippen LogP contribution >= 0.6 is 0 Å². The average molecular weight is 182 g/mol. The Morgan fingerprint density at radius 1 is 1.38 bits per heavy atom. The van der Waals surface area contributed by atoms with E-state index in [-0.39, 0.29) is 5.60 Å². The summed E-state index contributed by atoms with van der Waals surface area (Å²) in [6, 6.07) is 0. The Morgan fingerprint density at radius 2 is 2.08 bits per heavy atom. The molecule has 13 heavy (non-hydrogen) atoms. The molecule has 0 aliphatic heterocycles. The molecule has 0 bridgehead atoms. The lowest BCUT2D eigenvalue weighted by molar-refractivity contribution is 0.137. The van der Waals surface area contributed by atoms with Crippen molar-refractivity contribution in [2.24, 2.45) is 0 Å². The first kappa shape index (κ1) is 10.8. The van der Waals surface area contributed by atoms with Gasteiger partial charge in [-0.05, 0) is 45.4 Å². The molecule has 0 aromatic rings.